The van der Waals surface area contributed by atoms with Gasteiger partial charge in [0.25, 0.3) is 0 Å². The maximum atomic E-state index is 3.65. The molecule has 2 atom stereocenters. The smallest absolute Gasteiger partial charge is 0.0263 e. The Labute approximate surface area is 72.7 Å². The third-order valence-electron chi connectivity index (χ3n) is 1.60. The molecular formula is C6H10BrI. The average molecular weight is 289 g/mol. The van der Waals surface area contributed by atoms with Crippen molar-refractivity contribution in [3.63, 3.8) is 0 Å². The lowest BCUT2D eigenvalue weighted by Crippen LogP contribution is -2.17. The Bertz CT molecular complexity index is 64.9. The third kappa shape index (κ3) is 1.87. The van der Waals surface area contributed by atoms with Gasteiger partial charge >= 0.3 is 0 Å². The van der Waals surface area contributed by atoms with Gasteiger partial charge in [0.15, 0.2) is 0 Å². The fraction of sp³-hybridized carbons (Fsp3) is 1.00. The van der Waals surface area contributed by atoms with E-state index in [0.717, 1.165) is 8.75 Å². The Morgan fingerprint density at radius 2 is 1.88 bits per heavy atom. The number of halogens is 2. The lowest BCUT2D eigenvalue weighted by molar-refractivity contribution is 0.545. The van der Waals surface area contributed by atoms with Gasteiger partial charge in [0.1, 0.15) is 0 Å². The van der Waals surface area contributed by atoms with Gasteiger partial charge in [0.2, 0.25) is 0 Å². The van der Waals surface area contributed by atoms with Crippen LogP contribution in [0.15, 0.2) is 0 Å². The average Bonchev–Trinajstić information content (AvgIpc) is 1.77. The van der Waals surface area contributed by atoms with Gasteiger partial charge in [-0.3, -0.25) is 0 Å². The summed E-state index contributed by atoms with van der Waals surface area (Å²) in [5, 5.41) is 0. The van der Waals surface area contributed by atoms with E-state index in [1.165, 1.54) is 25.7 Å². The topological polar surface area (TPSA) is 0 Å². The summed E-state index contributed by atoms with van der Waals surface area (Å²) in [4.78, 5) is 0.803. The van der Waals surface area contributed by atoms with Crippen LogP contribution < -0.4 is 0 Å². The molecule has 0 unspecified atom stereocenters. The molecule has 0 saturated heterocycles. The van der Waals surface area contributed by atoms with Crippen LogP contribution in [0.1, 0.15) is 25.7 Å². The number of hydrogen-bond acceptors (Lipinski definition) is 0. The van der Waals surface area contributed by atoms with Crippen LogP contribution >= 0.6 is 38.5 Å². The van der Waals surface area contributed by atoms with Crippen molar-refractivity contribution in [3.05, 3.63) is 0 Å². The van der Waals surface area contributed by atoms with Crippen molar-refractivity contribution in [3.8, 4) is 0 Å². The fourth-order valence-corrected chi connectivity index (χ4v) is 2.43. The molecule has 0 aromatic heterocycles. The van der Waals surface area contributed by atoms with Crippen molar-refractivity contribution < 1.29 is 0 Å². The zero-order valence-corrected chi connectivity index (χ0v) is 8.48. The first-order chi connectivity index (χ1) is 3.80. The van der Waals surface area contributed by atoms with Gasteiger partial charge in [-0.2, -0.15) is 0 Å². The van der Waals surface area contributed by atoms with Crippen LogP contribution in [0.4, 0.5) is 0 Å². The molecule has 0 aromatic carbocycles. The van der Waals surface area contributed by atoms with Crippen molar-refractivity contribution in [2.75, 3.05) is 0 Å². The first-order valence-electron chi connectivity index (χ1n) is 3.09. The quantitative estimate of drug-likeness (QED) is 0.475. The van der Waals surface area contributed by atoms with E-state index in [0.29, 0.717) is 0 Å². The van der Waals surface area contributed by atoms with Crippen LogP contribution in [0.2, 0.25) is 0 Å². The molecule has 0 spiro atoms. The van der Waals surface area contributed by atoms with Crippen LogP contribution in [-0.2, 0) is 0 Å². The minimum atomic E-state index is 0.803. The van der Waals surface area contributed by atoms with Gasteiger partial charge in [0.05, 0.1) is 0 Å². The van der Waals surface area contributed by atoms with E-state index in [2.05, 4.69) is 38.5 Å². The molecule has 0 bridgehead atoms. The van der Waals surface area contributed by atoms with Crippen LogP contribution in [0.3, 0.4) is 0 Å². The highest BCUT2D eigenvalue weighted by molar-refractivity contribution is 14.1. The number of rotatable bonds is 0. The highest BCUT2D eigenvalue weighted by Gasteiger charge is 2.18. The van der Waals surface area contributed by atoms with E-state index in [-0.39, 0.29) is 0 Å². The summed E-state index contributed by atoms with van der Waals surface area (Å²) < 4.78 is 0.890. The molecular weight excluding hydrogens is 279 g/mol. The molecule has 0 aliphatic heterocycles. The molecule has 0 amide bonds. The van der Waals surface area contributed by atoms with Gasteiger partial charge in [0, 0.05) is 8.75 Å². The van der Waals surface area contributed by atoms with Crippen LogP contribution in [-0.4, -0.2) is 8.75 Å². The standard InChI is InChI=1S/C6H10BrI/c7-5-3-1-2-4-6(5)8/h5-6H,1-4H2/t5-,6-/m1/s1. The van der Waals surface area contributed by atoms with Crippen molar-refractivity contribution >= 4 is 38.5 Å². The van der Waals surface area contributed by atoms with E-state index in [1.54, 1.807) is 0 Å². The second-order valence-corrected chi connectivity index (χ2v) is 5.09. The van der Waals surface area contributed by atoms with E-state index in [4.69, 9.17) is 0 Å². The molecule has 1 rings (SSSR count). The summed E-state index contributed by atoms with van der Waals surface area (Å²) in [6.45, 7) is 0. The molecule has 1 aliphatic rings. The summed E-state index contributed by atoms with van der Waals surface area (Å²) in [6.07, 6.45) is 5.66. The minimum absolute atomic E-state index is 0.803. The molecule has 8 heavy (non-hydrogen) atoms. The zero-order chi connectivity index (χ0) is 5.98. The Kier molecular flexibility index (Phi) is 3.11. The van der Waals surface area contributed by atoms with Crippen LogP contribution in [0.25, 0.3) is 0 Å². The Hall–Kier alpha value is 1.21. The van der Waals surface area contributed by atoms with Crippen LogP contribution in [0, 0.1) is 0 Å². The Balaban J connectivity index is 2.28. The summed E-state index contributed by atoms with van der Waals surface area (Å²) in [7, 11) is 0. The van der Waals surface area contributed by atoms with E-state index < -0.39 is 0 Å². The summed E-state index contributed by atoms with van der Waals surface area (Å²) in [5.41, 5.74) is 0. The predicted octanol–water partition coefficient (Wildman–Crippen LogP) is 3.13. The lowest BCUT2D eigenvalue weighted by atomic mass is 10.0. The first-order valence-corrected chi connectivity index (χ1v) is 5.25. The molecule has 0 radical (unpaired) electrons. The van der Waals surface area contributed by atoms with E-state index in [1.807, 2.05) is 0 Å². The van der Waals surface area contributed by atoms with Gasteiger partial charge in [-0.15, -0.1) is 0 Å². The maximum absolute atomic E-state index is 3.65. The molecule has 0 aromatic rings. The first kappa shape index (κ1) is 7.32. The summed E-state index contributed by atoms with van der Waals surface area (Å²) in [6, 6.07) is 0. The second-order valence-electron chi connectivity index (χ2n) is 2.32. The zero-order valence-electron chi connectivity index (χ0n) is 4.74. The normalized spacial score (nSPS) is 39.8. The predicted molar refractivity (Wildman–Crippen MR) is 49.0 cm³/mol. The fourth-order valence-electron chi connectivity index (χ4n) is 1.04. The maximum Gasteiger partial charge on any atom is 0.0263 e. The molecule has 0 nitrogen and oxygen atoms in total. The van der Waals surface area contributed by atoms with Gasteiger partial charge in [-0.25, -0.2) is 0 Å². The second kappa shape index (κ2) is 3.40. The van der Waals surface area contributed by atoms with Crippen molar-refractivity contribution in [1.29, 1.82) is 0 Å². The van der Waals surface area contributed by atoms with Crippen molar-refractivity contribution in [1.82, 2.24) is 0 Å². The Morgan fingerprint density at radius 3 is 2.25 bits per heavy atom. The van der Waals surface area contributed by atoms with Gasteiger partial charge in [-0.1, -0.05) is 51.4 Å². The molecule has 48 valence electrons. The molecule has 1 aliphatic carbocycles. The lowest BCUT2D eigenvalue weighted by Gasteiger charge is -2.21. The molecule has 0 N–H and O–H groups in total. The largest absolute Gasteiger partial charge is 0.0879 e. The van der Waals surface area contributed by atoms with Gasteiger partial charge in [-0.05, 0) is 12.8 Å². The Morgan fingerprint density at radius 1 is 1.25 bits per heavy atom. The van der Waals surface area contributed by atoms with E-state index in [9.17, 15) is 0 Å². The number of hydrogen-bond donors (Lipinski definition) is 0. The summed E-state index contributed by atoms with van der Waals surface area (Å²) >= 11 is 6.18. The molecule has 0 heterocycles. The molecule has 1 saturated carbocycles. The van der Waals surface area contributed by atoms with Crippen molar-refractivity contribution in [2.45, 2.75) is 34.4 Å². The highest BCUT2D eigenvalue weighted by atomic mass is 127. The highest BCUT2D eigenvalue weighted by Crippen LogP contribution is 2.29. The minimum Gasteiger partial charge on any atom is -0.0879 e. The van der Waals surface area contributed by atoms with Crippen LogP contribution in [0.5, 0.6) is 0 Å². The summed E-state index contributed by atoms with van der Waals surface area (Å²) in [5.74, 6) is 0. The SMILES string of the molecule is Br[C@@H]1CCCC[C@H]1I. The third-order valence-corrected chi connectivity index (χ3v) is 5.18. The molecule has 2 heteroatoms. The number of alkyl halides is 2. The monoisotopic (exact) mass is 288 g/mol. The van der Waals surface area contributed by atoms with Gasteiger partial charge < -0.3 is 0 Å². The molecule has 1 fully saturated rings. The van der Waals surface area contributed by atoms with E-state index >= 15 is 0 Å². The van der Waals surface area contributed by atoms with Crippen molar-refractivity contribution in [2.24, 2.45) is 0 Å².